The molecule has 0 aromatic heterocycles. The second-order valence-electron chi connectivity index (χ2n) is 5.90. The van der Waals surface area contributed by atoms with Crippen LogP contribution in [0.3, 0.4) is 0 Å². The zero-order valence-electron chi connectivity index (χ0n) is 14.4. The fraction of sp³-hybridized carbons (Fsp3) is 0.136. The summed E-state index contributed by atoms with van der Waals surface area (Å²) in [6.45, 7) is 0. The maximum absolute atomic E-state index is 13.1. The number of hydrogen-bond acceptors (Lipinski definition) is 3. The zero-order chi connectivity index (χ0) is 18.4. The van der Waals surface area contributed by atoms with Crippen LogP contribution in [0.25, 0.3) is 0 Å². The number of ether oxygens (including phenoxy) is 1. The van der Waals surface area contributed by atoms with Crippen molar-refractivity contribution < 1.29 is 9.53 Å². The summed E-state index contributed by atoms with van der Waals surface area (Å²) in [5, 5.41) is 3.77. The van der Waals surface area contributed by atoms with E-state index in [2.05, 4.69) is 5.32 Å². The van der Waals surface area contributed by atoms with Gasteiger partial charge in [-0.2, -0.15) is 0 Å². The summed E-state index contributed by atoms with van der Waals surface area (Å²) in [6, 6.07) is 25.6. The Kier molecular flexibility index (Phi) is 6.05. The van der Waals surface area contributed by atoms with Gasteiger partial charge in [-0.1, -0.05) is 72.3 Å². The quantitative estimate of drug-likeness (QED) is 0.603. The van der Waals surface area contributed by atoms with Crippen LogP contribution >= 0.6 is 11.6 Å². The minimum Gasteiger partial charge on any atom is -0.484 e. The van der Waals surface area contributed by atoms with Crippen molar-refractivity contribution in [2.45, 2.75) is 12.1 Å². The molecule has 0 saturated heterocycles. The van der Waals surface area contributed by atoms with Gasteiger partial charge in [0.15, 0.2) is 5.78 Å². The summed E-state index contributed by atoms with van der Waals surface area (Å²) < 4.78 is 6.21. The molecule has 0 aliphatic carbocycles. The summed E-state index contributed by atoms with van der Waals surface area (Å²) in [7, 11) is 1.77. The predicted octanol–water partition coefficient (Wildman–Crippen LogP) is 4.93. The Bertz CT molecular complexity index is 835. The van der Waals surface area contributed by atoms with Gasteiger partial charge in [-0.3, -0.25) is 4.79 Å². The standard InChI is InChI=1S/C22H20ClNO2/c1-24-20(21(25)16-8-4-2-5-9-16)22(17-12-14-18(23)15-13-17)26-19-10-6-3-7-11-19/h2-15,20,22,24H,1H3/t20-,22-/m1/s1. The summed E-state index contributed by atoms with van der Waals surface area (Å²) in [5.41, 5.74) is 1.52. The van der Waals surface area contributed by atoms with Gasteiger partial charge in [0, 0.05) is 10.6 Å². The van der Waals surface area contributed by atoms with E-state index < -0.39 is 12.1 Å². The molecule has 3 aromatic rings. The third-order valence-electron chi connectivity index (χ3n) is 4.16. The Labute approximate surface area is 158 Å². The highest BCUT2D eigenvalue weighted by Crippen LogP contribution is 2.27. The normalized spacial score (nSPS) is 13.0. The first-order valence-electron chi connectivity index (χ1n) is 8.43. The van der Waals surface area contributed by atoms with Crippen molar-refractivity contribution in [1.29, 1.82) is 0 Å². The van der Waals surface area contributed by atoms with Crippen LogP contribution in [0.15, 0.2) is 84.9 Å². The van der Waals surface area contributed by atoms with Gasteiger partial charge in [-0.25, -0.2) is 0 Å². The molecular weight excluding hydrogens is 346 g/mol. The van der Waals surface area contributed by atoms with Gasteiger partial charge in [0.25, 0.3) is 0 Å². The van der Waals surface area contributed by atoms with Gasteiger partial charge in [0.1, 0.15) is 17.9 Å². The lowest BCUT2D eigenvalue weighted by atomic mass is 9.94. The number of hydrogen-bond donors (Lipinski definition) is 1. The summed E-state index contributed by atoms with van der Waals surface area (Å²) in [5.74, 6) is 0.678. The van der Waals surface area contributed by atoms with E-state index in [0.29, 0.717) is 16.3 Å². The molecule has 1 N–H and O–H groups in total. The van der Waals surface area contributed by atoms with Crippen molar-refractivity contribution in [3.05, 3.63) is 101 Å². The van der Waals surface area contributed by atoms with Crippen molar-refractivity contribution in [1.82, 2.24) is 5.32 Å². The number of para-hydroxylation sites is 1. The highest BCUT2D eigenvalue weighted by atomic mass is 35.5. The molecular formula is C22H20ClNO2. The fourth-order valence-corrected chi connectivity index (χ4v) is 2.95. The van der Waals surface area contributed by atoms with Crippen LogP contribution in [0, 0.1) is 0 Å². The minimum atomic E-state index is -0.543. The third kappa shape index (κ3) is 4.31. The van der Waals surface area contributed by atoms with Gasteiger partial charge >= 0.3 is 0 Å². The second-order valence-corrected chi connectivity index (χ2v) is 6.34. The maximum atomic E-state index is 13.1. The van der Waals surface area contributed by atoms with Crippen LogP contribution in [0.2, 0.25) is 5.02 Å². The Balaban J connectivity index is 1.97. The number of benzene rings is 3. The molecule has 0 unspecified atom stereocenters. The monoisotopic (exact) mass is 365 g/mol. The molecule has 0 heterocycles. The first kappa shape index (κ1) is 18.2. The molecule has 4 heteroatoms. The first-order chi connectivity index (χ1) is 12.7. The van der Waals surface area contributed by atoms with Gasteiger partial charge in [-0.15, -0.1) is 0 Å². The lowest BCUT2D eigenvalue weighted by molar-refractivity contribution is 0.0819. The molecule has 26 heavy (non-hydrogen) atoms. The highest BCUT2D eigenvalue weighted by Gasteiger charge is 2.31. The average molecular weight is 366 g/mol. The molecule has 3 aromatic carbocycles. The van der Waals surface area contributed by atoms with Crippen LogP contribution < -0.4 is 10.1 Å². The van der Waals surface area contributed by atoms with E-state index in [9.17, 15) is 4.79 Å². The Hall–Kier alpha value is -2.62. The summed E-state index contributed by atoms with van der Waals surface area (Å²) >= 11 is 6.03. The van der Waals surface area contributed by atoms with Crippen molar-refractivity contribution >= 4 is 17.4 Å². The molecule has 0 radical (unpaired) electrons. The van der Waals surface area contributed by atoms with Gasteiger partial charge in [-0.05, 0) is 36.9 Å². The van der Waals surface area contributed by atoms with E-state index in [1.165, 1.54) is 0 Å². The Morgan fingerprint density at radius 3 is 2.04 bits per heavy atom. The molecule has 132 valence electrons. The van der Waals surface area contributed by atoms with Crippen molar-refractivity contribution in [3.63, 3.8) is 0 Å². The minimum absolute atomic E-state index is 0.0241. The number of Topliss-reactive ketones (excluding diaryl/α,β-unsaturated/α-hetero) is 1. The van der Waals surface area contributed by atoms with E-state index in [1.807, 2.05) is 72.8 Å². The van der Waals surface area contributed by atoms with E-state index in [-0.39, 0.29) is 5.78 Å². The Morgan fingerprint density at radius 2 is 1.46 bits per heavy atom. The van der Waals surface area contributed by atoms with E-state index >= 15 is 0 Å². The molecule has 0 aliphatic rings. The topological polar surface area (TPSA) is 38.3 Å². The molecule has 3 rings (SSSR count). The van der Waals surface area contributed by atoms with E-state index in [1.54, 1.807) is 19.2 Å². The number of ketones is 1. The number of rotatable bonds is 7. The molecule has 0 aliphatic heterocycles. The van der Waals surface area contributed by atoms with E-state index in [0.717, 1.165) is 5.56 Å². The van der Waals surface area contributed by atoms with Crippen LogP contribution in [-0.4, -0.2) is 18.9 Å². The maximum Gasteiger partial charge on any atom is 0.183 e. The summed E-state index contributed by atoms with van der Waals surface area (Å²) in [6.07, 6.45) is -0.493. The number of carbonyl (C=O) groups excluding carboxylic acids is 1. The molecule has 0 spiro atoms. The lowest BCUT2D eigenvalue weighted by Gasteiger charge is -2.27. The van der Waals surface area contributed by atoms with Crippen LogP contribution in [0.5, 0.6) is 5.75 Å². The van der Waals surface area contributed by atoms with Crippen molar-refractivity contribution in [2.75, 3.05) is 7.05 Å². The van der Waals surface area contributed by atoms with Crippen LogP contribution in [-0.2, 0) is 0 Å². The highest BCUT2D eigenvalue weighted by molar-refractivity contribution is 6.30. The molecule has 0 fully saturated rings. The van der Waals surface area contributed by atoms with Crippen molar-refractivity contribution in [2.24, 2.45) is 0 Å². The zero-order valence-corrected chi connectivity index (χ0v) is 15.2. The lowest BCUT2D eigenvalue weighted by Crippen LogP contribution is -2.42. The van der Waals surface area contributed by atoms with Gasteiger partial charge in [0.05, 0.1) is 0 Å². The largest absolute Gasteiger partial charge is 0.484 e. The first-order valence-corrected chi connectivity index (χ1v) is 8.80. The molecule has 0 amide bonds. The third-order valence-corrected chi connectivity index (χ3v) is 4.41. The van der Waals surface area contributed by atoms with Crippen LogP contribution in [0.4, 0.5) is 0 Å². The fourth-order valence-electron chi connectivity index (χ4n) is 2.83. The molecule has 0 bridgehead atoms. The summed E-state index contributed by atoms with van der Waals surface area (Å²) in [4.78, 5) is 13.1. The number of likely N-dealkylation sites (N-methyl/N-ethyl adjacent to an activating group) is 1. The number of carbonyl (C=O) groups is 1. The average Bonchev–Trinajstić information content (AvgIpc) is 2.70. The SMILES string of the molecule is CN[C@H](C(=O)c1ccccc1)[C@H](Oc1ccccc1)c1ccc(Cl)cc1. The van der Waals surface area contributed by atoms with Gasteiger partial charge < -0.3 is 10.1 Å². The number of halogens is 1. The molecule has 0 saturated carbocycles. The molecule has 3 nitrogen and oxygen atoms in total. The molecule has 2 atom stereocenters. The van der Waals surface area contributed by atoms with E-state index in [4.69, 9.17) is 16.3 Å². The van der Waals surface area contributed by atoms with Crippen LogP contribution in [0.1, 0.15) is 22.0 Å². The van der Waals surface area contributed by atoms with Gasteiger partial charge in [0.2, 0.25) is 0 Å². The second kappa shape index (κ2) is 8.65. The Morgan fingerprint density at radius 1 is 0.885 bits per heavy atom. The smallest absolute Gasteiger partial charge is 0.183 e. The number of nitrogens with one attached hydrogen (secondary N) is 1. The predicted molar refractivity (Wildman–Crippen MR) is 105 cm³/mol. The van der Waals surface area contributed by atoms with Crippen molar-refractivity contribution in [3.8, 4) is 5.75 Å².